The van der Waals surface area contributed by atoms with Crippen LogP contribution in [0.2, 0.25) is 0 Å². The normalized spacial score (nSPS) is 10.4. The van der Waals surface area contributed by atoms with E-state index in [0.29, 0.717) is 22.4 Å². The lowest BCUT2D eigenvalue weighted by molar-refractivity contribution is 0.622. The second-order valence-corrected chi connectivity index (χ2v) is 4.69. The minimum absolute atomic E-state index is 0.275. The third kappa shape index (κ3) is 2.98. The van der Waals surface area contributed by atoms with Gasteiger partial charge in [0.25, 0.3) is 0 Å². The maximum atomic E-state index is 13.2. The molecular formula is C13H11BrF2N2. The second-order valence-electron chi connectivity index (χ2n) is 3.83. The molecule has 0 amide bonds. The SMILES string of the molecule is Nc1cc(F)c(Br)cc1NCc1ccc(F)cc1. The predicted molar refractivity (Wildman–Crippen MR) is 72.2 cm³/mol. The lowest BCUT2D eigenvalue weighted by atomic mass is 10.2. The van der Waals surface area contributed by atoms with E-state index in [-0.39, 0.29) is 5.82 Å². The Morgan fingerprint density at radius 2 is 1.78 bits per heavy atom. The van der Waals surface area contributed by atoms with Gasteiger partial charge in [0.2, 0.25) is 0 Å². The van der Waals surface area contributed by atoms with Gasteiger partial charge in [0.15, 0.2) is 0 Å². The molecule has 0 bridgehead atoms. The molecule has 0 saturated heterocycles. The smallest absolute Gasteiger partial charge is 0.139 e. The van der Waals surface area contributed by atoms with Crippen LogP contribution < -0.4 is 11.1 Å². The Labute approximate surface area is 112 Å². The summed E-state index contributed by atoms with van der Waals surface area (Å²) in [5.41, 5.74) is 7.57. The van der Waals surface area contributed by atoms with Crippen molar-refractivity contribution in [2.75, 3.05) is 11.1 Å². The van der Waals surface area contributed by atoms with Crippen molar-refractivity contribution in [3.63, 3.8) is 0 Å². The highest BCUT2D eigenvalue weighted by Crippen LogP contribution is 2.26. The lowest BCUT2D eigenvalue weighted by Gasteiger charge is -2.10. The first kappa shape index (κ1) is 12.8. The summed E-state index contributed by atoms with van der Waals surface area (Å²) >= 11 is 3.10. The number of hydrogen-bond acceptors (Lipinski definition) is 2. The Morgan fingerprint density at radius 1 is 1.11 bits per heavy atom. The highest BCUT2D eigenvalue weighted by atomic mass is 79.9. The van der Waals surface area contributed by atoms with Crippen LogP contribution in [0, 0.1) is 11.6 Å². The average molecular weight is 313 g/mol. The molecule has 2 aromatic carbocycles. The first-order valence-electron chi connectivity index (χ1n) is 5.29. The maximum absolute atomic E-state index is 13.2. The van der Waals surface area contributed by atoms with Crippen molar-refractivity contribution in [3.8, 4) is 0 Å². The van der Waals surface area contributed by atoms with Crippen LogP contribution in [0.15, 0.2) is 40.9 Å². The van der Waals surface area contributed by atoms with Crippen molar-refractivity contribution in [1.29, 1.82) is 0 Å². The summed E-state index contributed by atoms with van der Waals surface area (Å²) in [6.45, 7) is 0.489. The van der Waals surface area contributed by atoms with Gasteiger partial charge in [-0.25, -0.2) is 8.78 Å². The molecule has 0 aromatic heterocycles. The molecule has 0 unspecified atom stereocenters. The van der Waals surface area contributed by atoms with Gasteiger partial charge >= 0.3 is 0 Å². The molecule has 0 aliphatic carbocycles. The molecule has 0 heterocycles. The first-order chi connectivity index (χ1) is 8.56. The van der Waals surface area contributed by atoms with Crippen molar-refractivity contribution < 1.29 is 8.78 Å². The van der Waals surface area contributed by atoms with E-state index in [1.54, 1.807) is 18.2 Å². The summed E-state index contributed by atoms with van der Waals surface area (Å²) < 4.78 is 26.2. The van der Waals surface area contributed by atoms with Crippen LogP contribution in [0.4, 0.5) is 20.2 Å². The maximum Gasteiger partial charge on any atom is 0.139 e. The molecule has 0 aliphatic rings. The van der Waals surface area contributed by atoms with Crippen LogP contribution in [-0.4, -0.2) is 0 Å². The average Bonchev–Trinajstić information content (AvgIpc) is 2.34. The molecule has 5 heteroatoms. The molecule has 0 fully saturated rings. The van der Waals surface area contributed by atoms with Crippen LogP contribution in [0.5, 0.6) is 0 Å². The molecule has 2 rings (SSSR count). The molecule has 0 spiro atoms. The number of nitrogens with one attached hydrogen (secondary N) is 1. The van der Waals surface area contributed by atoms with E-state index < -0.39 is 5.82 Å². The largest absolute Gasteiger partial charge is 0.397 e. The van der Waals surface area contributed by atoms with Gasteiger partial charge in [-0.2, -0.15) is 0 Å². The van der Waals surface area contributed by atoms with Crippen LogP contribution in [0.3, 0.4) is 0 Å². The van der Waals surface area contributed by atoms with E-state index in [1.807, 2.05) is 0 Å². The van der Waals surface area contributed by atoms with E-state index in [1.165, 1.54) is 18.2 Å². The minimum Gasteiger partial charge on any atom is -0.397 e. The summed E-state index contributed by atoms with van der Waals surface area (Å²) in [4.78, 5) is 0. The number of hydrogen-bond donors (Lipinski definition) is 2. The van der Waals surface area contributed by atoms with E-state index in [0.717, 1.165) is 5.56 Å². The fraction of sp³-hybridized carbons (Fsp3) is 0.0769. The van der Waals surface area contributed by atoms with Gasteiger partial charge in [0.1, 0.15) is 11.6 Å². The van der Waals surface area contributed by atoms with Crippen LogP contribution in [0.25, 0.3) is 0 Å². The predicted octanol–water partition coefficient (Wildman–Crippen LogP) is 3.92. The van der Waals surface area contributed by atoms with Gasteiger partial charge in [-0.3, -0.25) is 0 Å². The van der Waals surface area contributed by atoms with Gasteiger partial charge in [-0.1, -0.05) is 12.1 Å². The van der Waals surface area contributed by atoms with Crippen LogP contribution in [-0.2, 0) is 6.54 Å². The van der Waals surface area contributed by atoms with Gasteiger partial charge in [-0.15, -0.1) is 0 Å². The van der Waals surface area contributed by atoms with Crippen LogP contribution in [0.1, 0.15) is 5.56 Å². The number of benzene rings is 2. The number of nitrogens with two attached hydrogens (primary N) is 1. The third-order valence-corrected chi connectivity index (χ3v) is 3.10. The minimum atomic E-state index is -0.403. The molecule has 0 aliphatic heterocycles. The Morgan fingerprint density at radius 3 is 2.44 bits per heavy atom. The van der Waals surface area contributed by atoms with E-state index in [4.69, 9.17) is 5.73 Å². The number of nitrogen functional groups attached to an aromatic ring is 1. The van der Waals surface area contributed by atoms with Crippen molar-refractivity contribution in [1.82, 2.24) is 0 Å². The monoisotopic (exact) mass is 312 g/mol. The van der Waals surface area contributed by atoms with Gasteiger partial charge in [0.05, 0.1) is 15.8 Å². The zero-order valence-corrected chi connectivity index (χ0v) is 11.0. The summed E-state index contributed by atoms with van der Waals surface area (Å²) in [7, 11) is 0. The quantitative estimate of drug-likeness (QED) is 0.843. The molecule has 18 heavy (non-hydrogen) atoms. The van der Waals surface area contributed by atoms with Crippen molar-refractivity contribution in [3.05, 3.63) is 58.1 Å². The fourth-order valence-electron chi connectivity index (χ4n) is 1.51. The van der Waals surface area contributed by atoms with Gasteiger partial charge in [0, 0.05) is 12.6 Å². The molecule has 2 aromatic rings. The Balaban J connectivity index is 2.10. The molecular weight excluding hydrogens is 302 g/mol. The summed E-state index contributed by atoms with van der Waals surface area (Å²) in [6.07, 6.45) is 0. The number of anilines is 2. The standard InChI is InChI=1S/C13H11BrF2N2/c14-10-5-13(12(17)6-11(10)16)18-7-8-1-3-9(15)4-2-8/h1-6,18H,7,17H2. The van der Waals surface area contributed by atoms with Gasteiger partial charge in [-0.05, 0) is 39.7 Å². The molecule has 2 nitrogen and oxygen atoms in total. The number of rotatable bonds is 3. The second kappa shape index (κ2) is 5.35. The Hall–Kier alpha value is -1.62. The van der Waals surface area contributed by atoms with E-state index in [2.05, 4.69) is 21.2 Å². The summed E-state index contributed by atoms with van der Waals surface area (Å²) in [6, 6.07) is 8.96. The highest BCUT2D eigenvalue weighted by Gasteiger charge is 2.05. The van der Waals surface area contributed by atoms with E-state index >= 15 is 0 Å². The Bertz CT molecular complexity index is 556. The van der Waals surface area contributed by atoms with Crippen LogP contribution >= 0.6 is 15.9 Å². The fourth-order valence-corrected chi connectivity index (χ4v) is 1.86. The molecule has 0 saturated carbocycles. The van der Waals surface area contributed by atoms with Crippen molar-refractivity contribution >= 4 is 27.3 Å². The topological polar surface area (TPSA) is 38.0 Å². The third-order valence-electron chi connectivity index (χ3n) is 2.49. The molecule has 0 atom stereocenters. The molecule has 0 radical (unpaired) electrons. The Kier molecular flexibility index (Phi) is 3.81. The van der Waals surface area contributed by atoms with Crippen molar-refractivity contribution in [2.24, 2.45) is 0 Å². The van der Waals surface area contributed by atoms with Crippen molar-refractivity contribution in [2.45, 2.75) is 6.54 Å². The lowest BCUT2D eigenvalue weighted by Crippen LogP contribution is -2.03. The summed E-state index contributed by atoms with van der Waals surface area (Å²) in [5, 5.41) is 3.07. The van der Waals surface area contributed by atoms with E-state index in [9.17, 15) is 8.78 Å². The zero-order chi connectivity index (χ0) is 13.1. The number of halogens is 3. The first-order valence-corrected chi connectivity index (χ1v) is 6.08. The van der Waals surface area contributed by atoms with Gasteiger partial charge < -0.3 is 11.1 Å². The molecule has 94 valence electrons. The molecule has 3 N–H and O–H groups in total. The zero-order valence-electron chi connectivity index (χ0n) is 9.38. The highest BCUT2D eigenvalue weighted by molar-refractivity contribution is 9.10. The summed E-state index contributed by atoms with van der Waals surface area (Å²) in [5.74, 6) is -0.678.